The van der Waals surface area contributed by atoms with Crippen molar-refractivity contribution in [1.29, 1.82) is 0 Å². The highest BCUT2D eigenvalue weighted by Gasteiger charge is 2.25. The Kier molecular flexibility index (Phi) is 5.31. The number of nitrogens with one attached hydrogen (secondary N) is 1. The highest BCUT2D eigenvalue weighted by Crippen LogP contribution is 2.21. The van der Waals surface area contributed by atoms with E-state index in [1.54, 1.807) is 11.8 Å². The van der Waals surface area contributed by atoms with Gasteiger partial charge in [-0.2, -0.15) is 0 Å². The molecule has 1 fully saturated rings. The molecule has 106 valence electrons. The van der Waals surface area contributed by atoms with Crippen molar-refractivity contribution in [2.75, 3.05) is 19.3 Å². The van der Waals surface area contributed by atoms with Gasteiger partial charge in [-0.1, -0.05) is 12.1 Å². The van der Waals surface area contributed by atoms with E-state index < -0.39 is 0 Å². The molecule has 3 heteroatoms. The number of thioether (sulfide) groups is 1. The monoisotopic (exact) mass is 278 g/mol. The maximum atomic E-state index is 3.77. The Morgan fingerprint density at radius 3 is 2.42 bits per heavy atom. The van der Waals surface area contributed by atoms with E-state index in [4.69, 9.17) is 0 Å². The fourth-order valence-corrected chi connectivity index (χ4v) is 3.14. The van der Waals surface area contributed by atoms with Gasteiger partial charge >= 0.3 is 0 Å². The summed E-state index contributed by atoms with van der Waals surface area (Å²) < 4.78 is 0. The average Bonchev–Trinajstić information content (AvgIpc) is 2.87. The topological polar surface area (TPSA) is 15.3 Å². The molecular formula is C16H26N2S. The molecule has 0 radical (unpaired) electrons. The largest absolute Gasteiger partial charge is 0.306 e. The first-order chi connectivity index (χ1) is 9.10. The van der Waals surface area contributed by atoms with Crippen LogP contribution in [0.4, 0.5) is 0 Å². The number of hydrogen-bond donors (Lipinski definition) is 1. The van der Waals surface area contributed by atoms with Crippen molar-refractivity contribution in [1.82, 2.24) is 10.2 Å². The first-order valence-electron chi connectivity index (χ1n) is 7.24. The van der Waals surface area contributed by atoms with Crippen molar-refractivity contribution < 1.29 is 0 Å². The minimum absolute atomic E-state index is 0.438. The Morgan fingerprint density at radius 1 is 1.21 bits per heavy atom. The molecule has 0 bridgehead atoms. The first kappa shape index (κ1) is 14.9. The van der Waals surface area contributed by atoms with Crippen LogP contribution in [0.25, 0.3) is 0 Å². The number of rotatable bonds is 5. The molecule has 2 atom stereocenters. The Morgan fingerprint density at radius 2 is 1.89 bits per heavy atom. The lowest BCUT2D eigenvalue weighted by molar-refractivity contribution is 0.266. The molecule has 1 aromatic rings. The van der Waals surface area contributed by atoms with Gasteiger partial charge in [-0.3, -0.25) is 4.90 Å². The molecule has 0 saturated carbocycles. The smallest absolute Gasteiger partial charge is 0.0294 e. The highest BCUT2D eigenvalue weighted by atomic mass is 32.2. The second kappa shape index (κ2) is 6.78. The zero-order valence-corrected chi connectivity index (χ0v) is 13.3. The van der Waals surface area contributed by atoms with Crippen LogP contribution >= 0.6 is 11.8 Å². The third kappa shape index (κ3) is 3.98. The third-order valence-corrected chi connectivity index (χ3v) is 4.80. The van der Waals surface area contributed by atoms with Crippen LogP contribution < -0.4 is 5.32 Å². The second-order valence-corrected chi connectivity index (χ2v) is 6.62. The molecule has 1 aliphatic rings. The van der Waals surface area contributed by atoms with Crippen molar-refractivity contribution >= 4 is 11.8 Å². The van der Waals surface area contributed by atoms with Gasteiger partial charge < -0.3 is 5.32 Å². The summed E-state index contributed by atoms with van der Waals surface area (Å²) in [4.78, 5) is 3.89. The van der Waals surface area contributed by atoms with E-state index in [1.807, 2.05) is 0 Å². The molecule has 1 N–H and O–H groups in total. The van der Waals surface area contributed by atoms with Gasteiger partial charge in [-0.15, -0.1) is 11.8 Å². The van der Waals surface area contributed by atoms with Crippen LogP contribution in [0.15, 0.2) is 29.2 Å². The lowest BCUT2D eigenvalue weighted by Gasteiger charge is -2.23. The van der Waals surface area contributed by atoms with Crippen LogP contribution in [-0.2, 0) is 0 Å². The van der Waals surface area contributed by atoms with Crippen molar-refractivity contribution in [2.24, 2.45) is 0 Å². The quantitative estimate of drug-likeness (QED) is 0.829. The summed E-state index contributed by atoms with van der Waals surface area (Å²) in [5.74, 6) is 0. The zero-order valence-electron chi connectivity index (χ0n) is 12.5. The number of benzene rings is 1. The van der Waals surface area contributed by atoms with Crippen LogP contribution in [0, 0.1) is 0 Å². The molecule has 0 spiro atoms. The Hall–Kier alpha value is -0.510. The molecule has 2 unspecified atom stereocenters. The zero-order chi connectivity index (χ0) is 13.8. The SMILES string of the molecule is CSc1ccc(C(C)NC2CCN(C(C)C)C2)cc1. The number of nitrogens with zero attached hydrogens (tertiary/aromatic N) is 1. The van der Waals surface area contributed by atoms with Gasteiger partial charge in [0.25, 0.3) is 0 Å². The third-order valence-electron chi connectivity index (χ3n) is 4.05. The molecule has 0 amide bonds. The Bertz CT molecular complexity index is 388. The maximum absolute atomic E-state index is 3.77. The summed E-state index contributed by atoms with van der Waals surface area (Å²) in [5, 5.41) is 3.77. The number of hydrogen-bond acceptors (Lipinski definition) is 3. The molecule has 1 saturated heterocycles. The second-order valence-electron chi connectivity index (χ2n) is 5.74. The summed E-state index contributed by atoms with van der Waals surface area (Å²) in [6.07, 6.45) is 3.39. The highest BCUT2D eigenvalue weighted by molar-refractivity contribution is 7.98. The fourth-order valence-electron chi connectivity index (χ4n) is 2.73. The maximum Gasteiger partial charge on any atom is 0.0294 e. The summed E-state index contributed by atoms with van der Waals surface area (Å²) in [5.41, 5.74) is 1.39. The van der Waals surface area contributed by atoms with Gasteiger partial charge in [-0.25, -0.2) is 0 Å². The van der Waals surface area contributed by atoms with E-state index in [2.05, 4.69) is 61.5 Å². The molecule has 2 rings (SSSR count). The fraction of sp³-hybridized carbons (Fsp3) is 0.625. The van der Waals surface area contributed by atoms with Gasteiger partial charge in [0.1, 0.15) is 0 Å². The van der Waals surface area contributed by atoms with E-state index in [1.165, 1.54) is 30.0 Å². The van der Waals surface area contributed by atoms with Crippen molar-refractivity contribution in [3.05, 3.63) is 29.8 Å². The molecular weight excluding hydrogens is 252 g/mol. The van der Waals surface area contributed by atoms with E-state index in [-0.39, 0.29) is 0 Å². The van der Waals surface area contributed by atoms with E-state index in [0.29, 0.717) is 18.1 Å². The molecule has 0 aromatic heterocycles. The van der Waals surface area contributed by atoms with E-state index in [0.717, 1.165) is 0 Å². The van der Waals surface area contributed by atoms with Crippen LogP contribution in [-0.4, -0.2) is 36.3 Å². The summed E-state index contributed by atoms with van der Waals surface area (Å²) >= 11 is 1.80. The van der Waals surface area contributed by atoms with Crippen LogP contribution in [0.2, 0.25) is 0 Å². The molecule has 2 nitrogen and oxygen atoms in total. The van der Waals surface area contributed by atoms with Crippen LogP contribution in [0.1, 0.15) is 38.8 Å². The standard InChI is InChI=1S/C16H26N2S/c1-12(2)18-10-9-15(11-18)17-13(3)14-5-7-16(19-4)8-6-14/h5-8,12-13,15,17H,9-11H2,1-4H3. The molecule has 1 aliphatic heterocycles. The lowest BCUT2D eigenvalue weighted by atomic mass is 10.1. The summed E-state index contributed by atoms with van der Waals surface area (Å²) in [6, 6.07) is 10.7. The van der Waals surface area contributed by atoms with Gasteiger partial charge in [0.2, 0.25) is 0 Å². The molecule has 1 heterocycles. The predicted octanol–water partition coefficient (Wildman–Crippen LogP) is 3.54. The normalized spacial score (nSPS) is 22.1. The van der Waals surface area contributed by atoms with Gasteiger partial charge in [-0.05, 0) is 57.7 Å². The van der Waals surface area contributed by atoms with Crippen molar-refractivity contribution in [3.8, 4) is 0 Å². The Balaban J connectivity index is 1.88. The minimum Gasteiger partial charge on any atom is -0.306 e. The summed E-state index contributed by atoms with van der Waals surface area (Å²) in [7, 11) is 0. The number of likely N-dealkylation sites (tertiary alicyclic amines) is 1. The average molecular weight is 278 g/mol. The lowest BCUT2D eigenvalue weighted by Crippen LogP contribution is -2.36. The van der Waals surface area contributed by atoms with Crippen molar-refractivity contribution in [3.63, 3.8) is 0 Å². The predicted molar refractivity (Wildman–Crippen MR) is 84.9 cm³/mol. The molecule has 0 aliphatic carbocycles. The van der Waals surface area contributed by atoms with Crippen LogP contribution in [0.3, 0.4) is 0 Å². The Labute approximate surface area is 122 Å². The summed E-state index contributed by atoms with van der Waals surface area (Å²) in [6.45, 7) is 9.25. The van der Waals surface area contributed by atoms with E-state index in [9.17, 15) is 0 Å². The van der Waals surface area contributed by atoms with Crippen molar-refractivity contribution in [2.45, 2.75) is 50.2 Å². The molecule has 1 aromatic carbocycles. The first-order valence-corrected chi connectivity index (χ1v) is 8.46. The van der Waals surface area contributed by atoms with Gasteiger partial charge in [0.05, 0.1) is 0 Å². The van der Waals surface area contributed by atoms with Crippen LogP contribution in [0.5, 0.6) is 0 Å². The van der Waals surface area contributed by atoms with Gasteiger partial charge in [0, 0.05) is 29.6 Å². The van der Waals surface area contributed by atoms with Gasteiger partial charge in [0.15, 0.2) is 0 Å². The molecule has 19 heavy (non-hydrogen) atoms. The van der Waals surface area contributed by atoms with E-state index >= 15 is 0 Å². The minimum atomic E-state index is 0.438.